The van der Waals surface area contributed by atoms with E-state index in [0.717, 1.165) is 0 Å². The molecular weight excluding hydrogens is 492 g/mol. The standard InChI is InChI=1S/C29H27ClN2O5/c1-4-23(27(33)31-22-12-8-9-13-24(22)36-5-2)37-29(35)26-25(18-14-16-19(30)17-15-18)20-10-6-7-11-21(20)28(34)32(26)3/h6-17,23H,4-5H2,1-3H3,(H,31,33). The maximum atomic E-state index is 13.6. The van der Waals surface area contributed by atoms with Gasteiger partial charge in [0, 0.05) is 23.0 Å². The van der Waals surface area contributed by atoms with Crippen molar-refractivity contribution in [1.29, 1.82) is 0 Å². The van der Waals surface area contributed by atoms with Gasteiger partial charge in [-0.25, -0.2) is 4.79 Å². The van der Waals surface area contributed by atoms with Gasteiger partial charge in [-0.1, -0.05) is 61.0 Å². The van der Waals surface area contributed by atoms with Gasteiger partial charge in [0.2, 0.25) is 0 Å². The van der Waals surface area contributed by atoms with Crippen LogP contribution in [0.1, 0.15) is 30.8 Å². The molecule has 4 aromatic rings. The predicted octanol–water partition coefficient (Wildman–Crippen LogP) is 5.83. The van der Waals surface area contributed by atoms with Gasteiger partial charge in [0.15, 0.2) is 6.10 Å². The summed E-state index contributed by atoms with van der Waals surface area (Å²) in [6.45, 7) is 4.02. The van der Waals surface area contributed by atoms with Gasteiger partial charge in [-0.2, -0.15) is 0 Å². The summed E-state index contributed by atoms with van der Waals surface area (Å²) in [4.78, 5) is 39.9. The quantitative estimate of drug-likeness (QED) is 0.296. The Kier molecular flexibility index (Phi) is 7.94. The Balaban J connectivity index is 1.74. The number of ether oxygens (including phenoxy) is 2. The van der Waals surface area contributed by atoms with E-state index in [2.05, 4.69) is 5.32 Å². The van der Waals surface area contributed by atoms with Gasteiger partial charge in [-0.05, 0) is 54.6 Å². The van der Waals surface area contributed by atoms with E-state index >= 15 is 0 Å². The molecule has 3 aromatic carbocycles. The van der Waals surface area contributed by atoms with E-state index in [1.165, 1.54) is 11.6 Å². The molecule has 7 nitrogen and oxygen atoms in total. The molecule has 0 aliphatic heterocycles. The van der Waals surface area contributed by atoms with Gasteiger partial charge in [0.25, 0.3) is 11.5 Å². The molecule has 1 N–H and O–H groups in total. The monoisotopic (exact) mass is 518 g/mol. The summed E-state index contributed by atoms with van der Waals surface area (Å²) in [6.07, 6.45) is -0.867. The van der Waals surface area contributed by atoms with Crippen LogP contribution in [-0.2, 0) is 16.6 Å². The molecule has 0 radical (unpaired) electrons. The molecule has 0 aliphatic rings. The highest BCUT2D eigenvalue weighted by Gasteiger charge is 2.28. The zero-order valence-corrected chi connectivity index (χ0v) is 21.5. The zero-order chi connectivity index (χ0) is 26.5. The van der Waals surface area contributed by atoms with E-state index in [-0.39, 0.29) is 17.7 Å². The number of rotatable bonds is 8. The number of para-hydroxylation sites is 2. The van der Waals surface area contributed by atoms with E-state index in [1.54, 1.807) is 79.7 Å². The maximum absolute atomic E-state index is 13.6. The lowest BCUT2D eigenvalue weighted by Gasteiger charge is -2.20. The third kappa shape index (κ3) is 5.37. The number of fused-ring (bicyclic) bond motifs is 1. The molecule has 1 unspecified atom stereocenters. The van der Waals surface area contributed by atoms with Crippen LogP contribution in [0.2, 0.25) is 5.02 Å². The lowest BCUT2D eigenvalue weighted by Crippen LogP contribution is -2.34. The van der Waals surface area contributed by atoms with Crippen LogP contribution in [0.5, 0.6) is 5.75 Å². The molecular formula is C29H27ClN2O5. The van der Waals surface area contributed by atoms with Crippen LogP contribution >= 0.6 is 11.6 Å². The zero-order valence-electron chi connectivity index (χ0n) is 20.8. The Morgan fingerprint density at radius 3 is 2.27 bits per heavy atom. The molecule has 1 atom stereocenters. The number of carbonyl (C=O) groups excluding carboxylic acids is 2. The topological polar surface area (TPSA) is 86.6 Å². The molecule has 1 aromatic heterocycles. The van der Waals surface area contributed by atoms with Crippen molar-refractivity contribution in [3.63, 3.8) is 0 Å². The van der Waals surface area contributed by atoms with Gasteiger partial charge in [-0.15, -0.1) is 0 Å². The Labute approximate surface area is 219 Å². The summed E-state index contributed by atoms with van der Waals surface area (Å²) >= 11 is 6.10. The molecule has 0 spiro atoms. The van der Waals surface area contributed by atoms with Gasteiger partial charge in [-0.3, -0.25) is 9.59 Å². The van der Waals surface area contributed by atoms with Gasteiger partial charge >= 0.3 is 5.97 Å². The summed E-state index contributed by atoms with van der Waals surface area (Å²) < 4.78 is 12.6. The van der Waals surface area contributed by atoms with Crippen molar-refractivity contribution < 1.29 is 19.1 Å². The molecule has 0 saturated carbocycles. The summed E-state index contributed by atoms with van der Waals surface area (Å²) in [7, 11) is 1.52. The average Bonchev–Trinajstić information content (AvgIpc) is 2.91. The predicted molar refractivity (Wildman–Crippen MR) is 145 cm³/mol. The van der Waals surface area contributed by atoms with Crippen LogP contribution in [0.25, 0.3) is 21.9 Å². The fourth-order valence-corrected chi connectivity index (χ4v) is 4.31. The molecule has 190 valence electrons. The first-order valence-corrected chi connectivity index (χ1v) is 12.3. The van der Waals surface area contributed by atoms with Crippen LogP contribution in [-0.4, -0.2) is 29.2 Å². The van der Waals surface area contributed by atoms with Crippen molar-refractivity contribution >= 4 is 39.9 Å². The van der Waals surface area contributed by atoms with Crippen LogP contribution in [0.3, 0.4) is 0 Å². The second-order valence-electron chi connectivity index (χ2n) is 8.36. The number of aromatic nitrogens is 1. The first-order valence-electron chi connectivity index (χ1n) is 12.0. The Morgan fingerprint density at radius 1 is 0.946 bits per heavy atom. The number of carbonyl (C=O) groups is 2. The van der Waals surface area contributed by atoms with Crippen molar-refractivity contribution in [2.75, 3.05) is 11.9 Å². The number of hydrogen-bond acceptors (Lipinski definition) is 5. The number of anilines is 1. The second-order valence-corrected chi connectivity index (χ2v) is 8.80. The van der Waals surface area contributed by atoms with E-state index in [0.29, 0.717) is 45.0 Å². The number of halogens is 1. The maximum Gasteiger partial charge on any atom is 0.356 e. The number of pyridine rings is 1. The smallest absolute Gasteiger partial charge is 0.356 e. The average molecular weight is 519 g/mol. The highest BCUT2D eigenvalue weighted by atomic mass is 35.5. The van der Waals surface area contributed by atoms with Crippen molar-refractivity contribution in [3.05, 3.63) is 93.9 Å². The fraction of sp³-hybridized carbons (Fsp3) is 0.207. The third-order valence-electron chi connectivity index (χ3n) is 5.99. The summed E-state index contributed by atoms with van der Waals surface area (Å²) in [5.74, 6) is -0.765. The SMILES string of the molecule is CCOc1ccccc1NC(=O)C(CC)OC(=O)c1c(-c2ccc(Cl)cc2)c2ccccc2c(=O)n1C. The minimum atomic E-state index is -1.10. The number of nitrogens with one attached hydrogen (secondary N) is 1. The molecule has 0 bridgehead atoms. The van der Waals surface area contributed by atoms with E-state index in [9.17, 15) is 14.4 Å². The van der Waals surface area contributed by atoms with Gasteiger partial charge < -0.3 is 19.4 Å². The van der Waals surface area contributed by atoms with Crippen LogP contribution in [0, 0.1) is 0 Å². The van der Waals surface area contributed by atoms with Gasteiger partial charge in [0.1, 0.15) is 11.4 Å². The molecule has 1 amide bonds. The highest BCUT2D eigenvalue weighted by molar-refractivity contribution is 6.30. The molecule has 0 aliphatic carbocycles. The lowest BCUT2D eigenvalue weighted by molar-refractivity contribution is -0.124. The van der Waals surface area contributed by atoms with E-state index in [1.807, 2.05) is 6.92 Å². The summed E-state index contributed by atoms with van der Waals surface area (Å²) in [5, 5.41) is 4.39. The Hall–Kier alpha value is -4.10. The Bertz CT molecular complexity index is 1510. The number of esters is 1. The number of amides is 1. The number of hydrogen-bond donors (Lipinski definition) is 1. The molecule has 4 rings (SSSR count). The first-order chi connectivity index (χ1) is 17.8. The fourth-order valence-electron chi connectivity index (χ4n) is 4.18. The van der Waals surface area contributed by atoms with Crippen molar-refractivity contribution in [2.24, 2.45) is 7.05 Å². The molecule has 0 saturated heterocycles. The highest BCUT2D eigenvalue weighted by Crippen LogP contribution is 2.32. The van der Waals surface area contributed by atoms with E-state index in [4.69, 9.17) is 21.1 Å². The first kappa shape index (κ1) is 26.0. The largest absolute Gasteiger partial charge is 0.492 e. The lowest BCUT2D eigenvalue weighted by atomic mass is 9.96. The van der Waals surface area contributed by atoms with Crippen molar-refractivity contribution in [3.8, 4) is 16.9 Å². The minimum absolute atomic E-state index is 0.0481. The second kappa shape index (κ2) is 11.3. The normalized spacial score (nSPS) is 11.7. The van der Waals surface area contributed by atoms with Crippen LogP contribution in [0.15, 0.2) is 77.6 Å². The molecule has 0 fully saturated rings. The van der Waals surface area contributed by atoms with E-state index < -0.39 is 18.0 Å². The van der Waals surface area contributed by atoms with Crippen LogP contribution < -0.4 is 15.6 Å². The third-order valence-corrected chi connectivity index (χ3v) is 6.24. The van der Waals surface area contributed by atoms with Gasteiger partial charge in [0.05, 0.1) is 12.3 Å². The molecule has 1 heterocycles. The van der Waals surface area contributed by atoms with Crippen LogP contribution in [0.4, 0.5) is 5.69 Å². The van der Waals surface area contributed by atoms with Crippen molar-refractivity contribution in [1.82, 2.24) is 4.57 Å². The number of nitrogens with zero attached hydrogens (tertiary/aromatic N) is 1. The summed E-state index contributed by atoms with van der Waals surface area (Å²) in [6, 6.07) is 21.1. The Morgan fingerprint density at radius 2 is 1.59 bits per heavy atom. The minimum Gasteiger partial charge on any atom is -0.492 e. The number of benzene rings is 3. The molecule has 8 heteroatoms. The summed E-state index contributed by atoms with van der Waals surface area (Å²) in [5.41, 5.74) is 1.39. The van der Waals surface area contributed by atoms with Crippen molar-refractivity contribution in [2.45, 2.75) is 26.4 Å². The molecule has 37 heavy (non-hydrogen) atoms.